The molecule has 1 amide bonds. The highest BCUT2D eigenvalue weighted by atomic mass is 16.5. The van der Waals surface area contributed by atoms with Crippen molar-refractivity contribution < 1.29 is 19.7 Å². The molecule has 0 radical (unpaired) electrons. The van der Waals surface area contributed by atoms with E-state index in [-0.39, 0.29) is 12.0 Å². The van der Waals surface area contributed by atoms with Gasteiger partial charge in [0.25, 0.3) is 0 Å². The van der Waals surface area contributed by atoms with Crippen LogP contribution in [0.5, 0.6) is 0 Å². The van der Waals surface area contributed by atoms with Crippen molar-refractivity contribution in [3.8, 4) is 0 Å². The van der Waals surface area contributed by atoms with Gasteiger partial charge in [-0.25, -0.2) is 0 Å². The lowest BCUT2D eigenvalue weighted by molar-refractivity contribution is -0.107. The van der Waals surface area contributed by atoms with Crippen LogP contribution < -0.4 is 4.90 Å². The van der Waals surface area contributed by atoms with Crippen LogP contribution in [0.1, 0.15) is 28.7 Å². The highest BCUT2D eigenvalue weighted by Gasteiger charge is 2.36. The zero-order chi connectivity index (χ0) is 22.8. The minimum atomic E-state index is -0.983. The van der Waals surface area contributed by atoms with Gasteiger partial charge in [-0.15, -0.1) is 0 Å². The topological polar surface area (TPSA) is 70.0 Å². The third-order valence-electron chi connectivity index (χ3n) is 6.30. The number of rotatable bonds is 6. The van der Waals surface area contributed by atoms with E-state index in [2.05, 4.69) is 0 Å². The number of anilines is 1. The molecule has 2 aliphatic rings. The quantitative estimate of drug-likeness (QED) is 0.568. The van der Waals surface area contributed by atoms with Gasteiger partial charge in [-0.3, -0.25) is 4.79 Å². The van der Waals surface area contributed by atoms with Gasteiger partial charge < -0.3 is 19.8 Å². The molecule has 1 aliphatic carbocycles. The van der Waals surface area contributed by atoms with Gasteiger partial charge in [-0.1, -0.05) is 78.9 Å². The summed E-state index contributed by atoms with van der Waals surface area (Å²) in [7, 11) is 0. The van der Waals surface area contributed by atoms with Crippen molar-refractivity contribution in [1.29, 1.82) is 0 Å². The number of fused-ring (bicyclic) bond motifs is 1. The summed E-state index contributed by atoms with van der Waals surface area (Å²) in [5.74, 6) is 0.428. The normalized spacial score (nSPS) is 21.6. The molecule has 166 valence electrons. The van der Waals surface area contributed by atoms with Crippen molar-refractivity contribution in [3.63, 3.8) is 0 Å². The third-order valence-corrected chi connectivity index (χ3v) is 6.30. The van der Waals surface area contributed by atoms with Crippen molar-refractivity contribution in [3.05, 3.63) is 125 Å². The fourth-order valence-electron chi connectivity index (χ4n) is 4.71. The number of carbonyl (C=O) groups is 1. The van der Waals surface area contributed by atoms with Gasteiger partial charge in [-0.2, -0.15) is 0 Å². The number of para-hydroxylation sites is 1. The Labute approximate surface area is 192 Å². The van der Waals surface area contributed by atoms with Crippen molar-refractivity contribution >= 4 is 12.1 Å². The molecule has 1 fully saturated rings. The van der Waals surface area contributed by atoms with Crippen molar-refractivity contribution in [2.24, 2.45) is 0 Å². The van der Waals surface area contributed by atoms with E-state index in [4.69, 9.17) is 4.74 Å². The Kier molecular flexibility index (Phi) is 5.82. The number of aliphatic hydroxyl groups excluding tert-OH is 2. The Balaban J connectivity index is 1.61. The number of hydrogen-bond donors (Lipinski definition) is 2. The fraction of sp³-hybridized carbons (Fsp3) is 0.179. The number of nitrogens with zero attached hydrogens (tertiary/aromatic N) is 1. The highest BCUT2D eigenvalue weighted by molar-refractivity contribution is 5.80. The molecule has 3 aromatic carbocycles. The summed E-state index contributed by atoms with van der Waals surface area (Å²) in [4.78, 5) is 14.4. The zero-order valence-corrected chi connectivity index (χ0v) is 18.0. The molecule has 0 aromatic heterocycles. The van der Waals surface area contributed by atoms with Crippen molar-refractivity contribution in [2.45, 2.75) is 24.2 Å². The van der Waals surface area contributed by atoms with Crippen LogP contribution in [0.3, 0.4) is 0 Å². The Hall–Kier alpha value is -3.67. The Morgan fingerprint density at radius 3 is 2.03 bits per heavy atom. The number of benzene rings is 3. The lowest BCUT2D eigenvalue weighted by atomic mass is 9.86. The molecule has 1 saturated heterocycles. The van der Waals surface area contributed by atoms with Gasteiger partial charge in [0.05, 0.1) is 12.6 Å². The van der Waals surface area contributed by atoms with Crippen LogP contribution in [-0.2, 0) is 9.53 Å². The lowest BCUT2D eigenvalue weighted by Crippen LogP contribution is -2.30. The molecule has 3 unspecified atom stereocenters. The second kappa shape index (κ2) is 9.06. The molecule has 5 nitrogen and oxygen atoms in total. The molecule has 1 heterocycles. The summed E-state index contributed by atoms with van der Waals surface area (Å²) in [5, 5.41) is 20.2. The Morgan fingerprint density at radius 1 is 0.818 bits per heavy atom. The lowest BCUT2D eigenvalue weighted by Gasteiger charge is -2.32. The van der Waals surface area contributed by atoms with E-state index in [1.165, 1.54) is 0 Å². The summed E-state index contributed by atoms with van der Waals surface area (Å²) in [6.07, 6.45) is 2.13. The van der Waals surface area contributed by atoms with Crippen molar-refractivity contribution in [1.82, 2.24) is 0 Å². The second-order valence-electron chi connectivity index (χ2n) is 8.29. The molecule has 1 aliphatic heterocycles. The number of hydrogen-bond acceptors (Lipinski definition) is 4. The maximum absolute atomic E-state index is 12.6. The molecular weight excluding hydrogens is 414 g/mol. The van der Waals surface area contributed by atoms with Gasteiger partial charge in [0, 0.05) is 17.2 Å². The van der Waals surface area contributed by atoms with E-state index < -0.39 is 12.2 Å². The highest BCUT2D eigenvalue weighted by Crippen LogP contribution is 2.44. The number of allylic oxidation sites excluding steroid dienone is 1. The van der Waals surface area contributed by atoms with E-state index in [1.54, 1.807) is 17.1 Å². The number of amides is 1. The first kappa shape index (κ1) is 21.2. The third kappa shape index (κ3) is 3.97. The number of ether oxygens (including phenoxy) is 1. The second-order valence-corrected chi connectivity index (χ2v) is 8.29. The monoisotopic (exact) mass is 439 g/mol. The summed E-state index contributed by atoms with van der Waals surface area (Å²) >= 11 is 0. The van der Waals surface area contributed by atoms with E-state index in [9.17, 15) is 15.0 Å². The van der Waals surface area contributed by atoms with Crippen LogP contribution in [0.2, 0.25) is 0 Å². The van der Waals surface area contributed by atoms with E-state index >= 15 is 0 Å². The maximum atomic E-state index is 12.6. The largest absolute Gasteiger partial charge is 0.493 e. The van der Waals surface area contributed by atoms with Crippen LogP contribution in [0.25, 0.3) is 0 Å². The molecule has 3 atom stereocenters. The minimum absolute atomic E-state index is 0.163. The van der Waals surface area contributed by atoms with Crippen LogP contribution in [0.4, 0.5) is 5.69 Å². The summed E-state index contributed by atoms with van der Waals surface area (Å²) < 4.78 is 5.86. The molecule has 2 N–H and O–H groups in total. The predicted molar refractivity (Wildman–Crippen MR) is 127 cm³/mol. The molecule has 0 bridgehead atoms. The van der Waals surface area contributed by atoms with Gasteiger partial charge in [-0.05, 0) is 34.9 Å². The Bertz CT molecular complexity index is 1150. The van der Waals surface area contributed by atoms with E-state index in [0.717, 1.165) is 34.4 Å². The van der Waals surface area contributed by atoms with E-state index in [0.29, 0.717) is 12.4 Å². The summed E-state index contributed by atoms with van der Waals surface area (Å²) in [6, 6.07) is 27.4. The van der Waals surface area contributed by atoms with Gasteiger partial charge >= 0.3 is 0 Å². The van der Waals surface area contributed by atoms with Gasteiger partial charge in [0.15, 0.2) is 0 Å². The molecule has 33 heavy (non-hydrogen) atoms. The smallest absolute Gasteiger partial charge is 0.214 e. The Morgan fingerprint density at radius 2 is 1.39 bits per heavy atom. The van der Waals surface area contributed by atoms with Crippen LogP contribution in [-0.4, -0.2) is 35.4 Å². The first-order chi connectivity index (χ1) is 16.2. The number of carbonyl (C=O) groups excluding carboxylic acids is 1. The van der Waals surface area contributed by atoms with Crippen LogP contribution in [0.15, 0.2) is 108 Å². The van der Waals surface area contributed by atoms with Crippen LogP contribution >= 0.6 is 0 Å². The van der Waals surface area contributed by atoms with E-state index in [1.807, 2.05) is 84.9 Å². The molecule has 0 spiro atoms. The average molecular weight is 440 g/mol. The minimum Gasteiger partial charge on any atom is -0.493 e. The van der Waals surface area contributed by atoms with Crippen molar-refractivity contribution in [2.75, 3.05) is 11.5 Å². The summed E-state index contributed by atoms with van der Waals surface area (Å²) in [6.45, 7) is 0.377. The maximum Gasteiger partial charge on any atom is 0.214 e. The fourth-order valence-corrected chi connectivity index (χ4v) is 4.71. The molecule has 0 saturated carbocycles. The SMILES string of the molecule is O=CN(c1ccccc1C1COC2=CC(O)C(O)C=C21)C(c1ccccc1)c1ccccc1. The number of aliphatic hydroxyl groups is 2. The average Bonchev–Trinajstić information content (AvgIpc) is 3.26. The summed E-state index contributed by atoms with van der Waals surface area (Å²) in [5.41, 5.74) is 4.55. The molecule has 5 heteroatoms. The first-order valence-electron chi connectivity index (χ1n) is 11.0. The van der Waals surface area contributed by atoms with Crippen LogP contribution in [0, 0.1) is 0 Å². The van der Waals surface area contributed by atoms with Gasteiger partial charge in [0.1, 0.15) is 18.0 Å². The predicted octanol–water partition coefficient (Wildman–Crippen LogP) is 4.10. The molecular formula is C28H25NO4. The molecule has 3 aromatic rings. The standard InChI is InChI=1S/C28H25NO4/c30-18-29(28(19-9-3-1-4-10-19)20-11-5-2-6-12-20)24-14-8-7-13-21(24)23-17-33-27-16-26(32)25(31)15-22(23)27/h1-16,18,23,25-26,28,31-32H,17H2. The zero-order valence-electron chi connectivity index (χ0n) is 18.0. The first-order valence-corrected chi connectivity index (χ1v) is 11.0. The van der Waals surface area contributed by atoms with Gasteiger partial charge in [0.2, 0.25) is 6.41 Å². The molecule has 5 rings (SSSR count).